The van der Waals surface area contributed by atoms with E-state index >= 15 is 0 Å². The number of unbranched alkanes of at least 4 members (excludes halogenated alkanes) is 5. The summed E-state index contributed by atoms with van der Waals surface area (Å²) in [6, 6.07) is 14.4. The van der Waals surface area contributed by atoms with Crippen molar-refractivity contribution in [1.82, 2.24) is 4.90 Å². The standard InChI is InChI=1S/C20H32N2.C18H33P.C7H6.2ClH.Ru/c1-5-6-7-8-9-10-11-21-12-13-22(16-21)20-18(3)14-17(2)15-19(20)4;1-4-10-16(11-5-1)19(17-12-6-2-7-13-17)18-14-8-3-9-15-18;1-7-5-3-2-4-6-7;;;/h14-15H,5-13H2,1-4H3;16-18H,1-15H2;1-6H;2*1H;/q;;;;;+2/p-2. The number of halogens is 2. The van der Waals surface area contributed by atoms with E-state index in [1.54, 1.807) is 77.0 Å². The first-order valence-corrected chi connectivity index (χ1v) is 27.9. The van der Waals surface area contributed by atoms with E-state index in [1.807, 2.05) is 34.9 Å². The third kappa shape index (κ3) is 15.8. The van der Waals surface area contributed by atoms with Crippen LogP contribution in [0.1, 0.15) is 164 Å². The quantitative estimate of drug-likeness (QED) is 0.119. The van der Waals surface area contributed by atoms with E-state index in [0.717, 1.165) is 25.2 Å². The third-order valence-corrected chi connectivity index (χ3v) is 17.5. The van der Waals surface area contributed by atoms with Crippen LogP contribution in [-0.2, 0) is 13.5 Å². The van der Waals surface area contributed by atoms with Crippen LogP contribution in [0.15, 0.2) is 42.5 Å². The van der Waals surface area contributed by atoms with Gasteiger partial charge in [0.15, 0.2) is 6.67 Å². The van der Waals surface area contributed by atoms with Crippen LogP contribution in [0.4, 0.5) is 5.69 Å². The molecular weight excluding hydrogens is 771 g/mol. The average molecular weight is 843 g/mol. The van der Waals surface area contributed by atoms with Gasteiger partial charge in [0.2, 0.25) is 0 Å². The molecule has 51 heavy (non-hydrogen) atoms. The fraction of sp³-hybridized carbons (Fsp3) is 0.689. The van der Waals surface area contributed by atoms with E-state index in [4.69, 9.17) is 19.4 Å². The van der Waals surface area contributed by atoms with E-state index in [1.165, 1.54) is 97.1 Å². The predicted octanol–water partition coefficient (Wildman–Crippen LogP) is 14.3. The molecule has 2 radical (unpaired) electrons. The van der Waals surface area contributed by atoms with Crippen molar-refractivity contribution >= 4 is 37.6 Å². The first-order valence-electron chi connectivity index (χ1n) is 20.9. The van der Waals surface area contributed by atoms with Gasteiger partial charge < -0.3 is 4.90 Å². The fourth-order valence-corrected chi connectivity index (χ4v) is 15.6. The topological polar surface area (TPSA) is 6.48 Å². The van der Waals surface area contributed by atoms with Crippen molar-refractivity contribution in [2.45, 2.75) is 180 Å². The van der Waals surface area contributed by atoms with Crippen molar-refractivity contribution in [3.63, 3.8) is 0 Å². The Kier molecular flexibility index (Phi) is 21.3. The molecule has 6 rings (SSSR count). The third-order valence-electron chi connectivity index (χ3n) is 11.5. The van der Waals surface area contributed by atoms with Crippen LogP contribution in [0.3, 0.4) is 0 Å². The van der Waals surface area contributed by atoms with Crippen LogP contribution in [-0.4, -0.2) is 46.1 Å². The fourth-order valence-electron chi connectivity index (χ4n) is 9.14. The van der Waals surface area contributed by atoms with Gasteiger partial charge in [-0.1, -0.05) is 122 Å². The zero-order chi connectivity index (χ0) is 36.3. The summed E-state index contributed by atoms with van der Waals surface area (Å²) in [6.45, 7) is 15.8. The van der Waals surface area contributed by atoms with Gasteiger partial charge in [-0.25, -0.2) is 0 Å². The summed E-state index contributed by atoms with van der Waals surface area (Å²) >= 11 is -1.61. The molecule has 0 amide bonds. The van der Waals surface area contributed by atoms with Gasteiger partial charge in [-0.2, -0.15) is 0 Å². The van der Waals surface area contributed by atoms with Crippen LogP contribution >= 0.6 is 27.3 Å². The minimum absolute atomic E-state index is 0.385. The number of nitrogens with zero attached hydrogens (tertiary/aromatic N) is 2. The van der Waals surface area contributed by atoms with E-state index in [-0.39, 0.29) is 0 Å². The Morgan fingerprint density at radius 1 is 0.686 bits per heavy atom. The first kappa shape index (κ1) is 43.4. The molecule has 2 aromatic rings. The number of hydrogen-bond acceptors (Lipinski definition) is 2. The molecule has 3 saturated carbocycles. The Balaban J connectivity index is 0.000000183. The van der Waals surface area contributed by atoms with Crippen molar-refractivity contribution in [2.24, 2.45) is 0 Å². The molecule has 3 aliphatic carbocycles. The number of hydrogen-bond donors (Lipinski definition) is 0. The number of benzene rings is 2. The van der Waals surface area contributed by atoms with Crippen LogP contribution in [0.2, 0.25) is 0 Å². The molecule has 0 bridgehead atoms. The summed E-state index contributed by atoms with van der Waals surface area (Å²) < 4.78 is 1.92. The Bertz CT molecular complexity index is 1180. The summed E-state index contributed by atoms with van der Waals surface area (Å²) in [5.41, 5.74) is 10.1. The molecule has 2 nitrogen and oxygen atoms in total. The van der Waals surface area contributed by atoms with Gasteiger partial charge in [0.25, 0.3) is 0 Å². The van der Waals surface area contributed by atoms with Crippen LogP contribution in [0.5, 0.6) is 0 Å². The molecule has 1 saturated heterocycles. The summed E-state index contributed by atoms with van der Waals surface area (Å²) in [7, 11) is 11.7. The first-order chi connectivity index (χ1) is 24.9. The van der Waals surface area contributed by atoms with Gasteiger partial charge in [-0.05, 0) is 93.8 Å². The SMILES string of the molecule is C1CCC(P(C2CCCCC2)C2CCCCC2)CC1.CCCCCCCCN1[C]N(c2c(C)cc(C)cc2C)CC1.[Cl][Ru]([Cl])=[CH]c1ccccc1. The maximum atomic E-state index is 5.67. The second kappa shape index (κ2) is 25.0. The molecule has 1 aliphatic heterocycles. The van der Waals surface area contributed by atoms with E-state index < -0.39 is 13.5 Å². The van der Waals surface area contributed by atoms with Gasteiger partial charge in [-0.15, -0.1) is 0 Å². The van der Waals surface area contributed by atoms with Gasteiger partial charge >= 0.3 is 73.4 Å². The Labute approximate surface area is 329 Å². The van der Waals surface area contributed by atoms with Crippen molar-refractivity contribution in [3.8, 4) is 0 Å². The van der Waals surface area contributed by atoms with Gasteiger partial charge in [0, 0.05) is 25.3 Å². The molecule has 288 valence electrons. The normalized spacial score (nSPS) is 19.7. The van der Waals surface area contributed by atoms with Crippen molar-refractivity contribution in [2.75, 3.05) is 24.5 Å². The number of aryl methyl sites for hydroxylation is 3. The van der Waals surface area contributed by atoms with Crippen LogP contribution < -0.4 is 4.90 Å². The molecule has 4 aliphatic rings. The maximum absolute atomic E-state index is 5.67. The zero-order valence-corrected chi connectivity index (χ0v) is 36.9. The molecule has 0 atom stereocenters. The number of anilines is 1. The minimum atomic E-state index is -1.61. The van der Waals surface area contributed by atoms with Crippen LogP contribution in [0.25, 0.3) is 0 Å². The second-order valence-corrected chi connectivity index (χ2v) is 24.6. The van der Waals surface area contributed by atoms with Crippen molar-refractivity contribution < 1.29 is 13.5 Å². The summed E-state index contributed by atoms with van der Waals surface area (Å²) in [5.74, 6) is 0. The second-order valence-electron chi connectivity index (χ2n) is 15.8. The average Bonchev–Trinajstić information content (AvgIpc) is 3.60. The summed E-state index contributed by atoms with van der Waals surface area (Å²) in [4.78, 5) is 4.69. The molecule has 2 aromatic carbocycles. The van der Waals surface area contributed by atoms with Gasteiger partial charge in [0.1, 0.15) is 0 Å². The van der Waals surface area contributed by atoms with E-state index in [9.17, 15) is 0 Å². The van der Waals surface area contributed by atoms with Crippen molar-refractivity contribution in [1.29, 1.82) is 0 Å². The van der Waals surface area contributed by atoms with E-state index in [0.29, 0.717) is 7.92 Å². The molecule has 4 fully saturated rings. The molecule has 0 spiro atoms. The molecule has 0 aromatic heterocycles. The molecule has 1 heterocycles. The zero-order valence-electron chi connectivity index (χ0n) is 32.8. The van der Waals surface area contributed by atoms with E-state index in [2.05, 4.69) is 56.3 Å². The van der Waals surface area contributed by atoms with Gasteiger partial charge in [0.05, 0.1) is 0 Å². The van der Waals surface area contributed by atoms with Crippen molar-refractivity contribution in [3.05, 3.63) is 71.4 Å². The number of rotatable bonds is 12. The Morgan fingerprint density at radius 3 is 1.67 bits per heavy atom. The van der Waals surface area contributed by atoms with Gasteiger partial charge in [-0.3, -0.25) is 4.90 Å². The predicted molar refractivity (Wildman–Crippen MR) is 227 cm³/mol. The molecule has 0 unspecified atom stereocenters. The monoisotopic (exact) mass is 842 g/mol. The molecule has 6 heteroatoms. The molecular formula is C45H71Cl2N2PRu. The Hall–Kier alpha value is -0.297. The van der Waals surface area contributed by atoms with Crippen LogP contribution in [0, 0.1) is 27.4 Å². The summed E-state index contributed by atoms with van der Waals surface area (Å²) in [6.07, 6.45) is 31.8. The Morgan fingerprint density at radius 2 is 1.18 bits per heavy atom. The molecule has 0 N–H and O–H groups in total. The summed E-state index contributed by atoms with van der Waals surface area (Å²) in [5, 5.41) is 0.